The summed E-state index contributed by atoms with van der Waals surface area (Å²) in [5.74, 6) is 0. The second kappa shape index (κ2) is 10.4. The van der Waals surface area contributed by atoms with Crippen molar-refractivity contribution in [2.24, 2.45) is 0 Å². The van der Waals surface area contributed by atoms with Gasteiger partial charge in [0.1, 0.15) is 6.10 Å². The summed E-state index contributed by atoms with van der Waals surface area (Å²) in [7, 11) is 0. The van der Waals surface area contributed by atoms with Gasteiger partial charge in [-0.25, -0.2) is 0 Å². The molecule has 0 aliphatic heterocycles. The molecule has 0 radical (unpaired) electrons. The van der Waals surface area contributed by atoms with E-state index < -0.39 is 12.4 Å². The van der Waals surface area contributed by atoms with Crippen molar-refractivity contribution in [2.45, 2.75) is 71.2 Å². The molecular weight excluding hydrogens is 192 g/mol. The van der Waals surface area contributed by atoms with Gasteiger partial charge < -0.3 is 14.9 Å². The second-order valence-corrected chi connectivity index (χ2v) is 4.00. The molecule has 0 aromatic heterocycles. The fraction of sp³-hybridized carbons (Fsp3) is 1.00. The standard InChI is InChI=1S/C12H26O3/c1-3-5-6-7-8-9-10-15-11(4-2)12(13)14/h11-14H,3-10H2,1-2H3. The molecule has 0 aromatic carbocycles. The number of hydrogen-bond acceptors (Lipinski definition) is 3. The first-order valence-corrected chi connectivity index (χ1v) is 6.20. The summed E-state index contributed by atoms with van der Waals surface area (Å²) >= 11 is 0. The quantitative estimate of drug-likeness (QED) is 0.437. The number of aliphatic hydroxyl groups excluding tert-OH is 1. The van der Waals surface area contributed by atoms with Gasteiger partial charge in [-0.05, 0) is 12.8 Å². The van der Waals surface area contributed by atoms with Crippen LogP contribution in [0.2, 0.25) is 0 Å². The van der Waals surface area contributed by atoms with E-state index in [1.165, 1.54) is 32.1 Å². The van der Waals surface area contributed by atoms with E-state index in [2.05, 4.69) is 6.92 Å². The monoisotopic (exact) mass is 218 g/mol. The molecule has 3 nitrogen and oxygen atoms in total. The van der Waals surface area contributed by atoms with Gasteiger partial charge in [0.25, 0.3) is 0 Å². The van der Waals surface area contributed by atoms with Crippen LogP contribution in [0.3, 0.4) is 0 Å². The summed E-state index contributed by atoms with van der Waals surface area (Å²) in [6.45, 7) is 4.74. The summed E-state index contributed by atoms with van der Waals surface area (Å²) in [6, 6.07) is 0. The highest BCUT2D eigenvalue weighted by molar-refractivity contribution is 4.56. The molecule has 0 aromatic rings. The minimum atomic E-state index is -1.34. The van der Waals surface area contributed by atoms with Crippen LogP contribution in [0.25, 0.3) is 0 Å². The lowest BCUT2D eigenvalue weighted by atomic mass is 10.1. The first-order valence-electron chi connectivity index (χ1n) is 6.20. The number of hydrogen-bond donors (Lipinski definition) is 2. The van der Waals surface area contributed by atoms with E-state index in [1.807, 2.05) is 6.92 Å². The number of ether oxygens (including phenoxy) is 1. The van der Waals surface area contributed by atoms with Crippen LogP contribution in [0, 0.1) is 0 Å². The first-order chi connectivity index (χ1) is 7.22. The molecule has 0 heterocycles. The summed E-state index contributed by atoms with van der Waals surface area (Å²) in [5, 5.41) is 17.8. The number of unbranched alkanes of at least 4 members (excludes halogenated alkanes) is 5. The molecule has 1 unspecified atom stereocenters. The van der Waals surface area contributed by atoms with Crippen LogP contribution >= 0.6 is 0 Å². The summed E-state index contributed by atoms with van der Waals surface area (Å²) in [5.41, 5.74) is 0. The lowest BCUT2D eigenvalue weighted by Crippen LogP contribution is -2.28. The molecule has 0 saturated carbocycles. The van der Waals surface area contributed by atoms with E-state index in [9.17, 15) is 0 Å². The van der Waals surface area contributed by atoms with Gasteiger partial charge in [0.15, 0.2) is 6.29 Å². The Hall–Kier alpha value is -0.120. The van der Waals surface area contributed by atoms with Gasteiger partial charge in [-0.3, -0.25) is 0 Å². The zero-order chi connectivity index (χ0) is 11.5. The van der Waals surface area contributed by atoms with Gasteiger partial charge in [-0.2, -0.15) is 0 Å². The lowest BCUT2D eigenvalue weighted by molar-refractivity contribution is -0.146. The second-order valence-electron chi connectivity index (χ2n) is 4.00. The van der Waals surface area contributed by atoms with Crippen LogP contribution in [0.4, 0.5) is 0 Å². The molecule has 1 atom stereocenters. The predicted octanol–water partition coefficient (Wildman–Crippen LogP) is 2.45. The number of rotatable bonds is 10. The van der Waals surface area contributed by atoms with Gasteiger partial charge >= 0.3 is 0 Å². The smallest absolute Gasteiger partial charge is 0.178 e. The summed E-state index contributed by atoms with van der Waals surface area (Å²) < 4.78 is 5.36. The van der Waals surface area contributed by atoms with Crippen molar-refractivity contribution in [1.82, 2.24) is 0 Å². The molecule has 0 aliphatic rings. The van der Waals surface area contributed by atoms with Crippen molar-refractivity contribution < 1.29 is 14.9 Å². The van der Waals surface area contributed by atoms with Gasteiger partial charge in [0.2, 0.25) is 0 Å². The van der Waals surface area contributed by atoms with E-state index in [4.69, 9.17) is 14.9 Å². The Labute approximate surface area is 93.5 Å². The SMILES string of the molecule is CCCCCCCCOC(CC)C(O)O. The Morgan fingerprint density at radius 2 is 1.53 bits per heavy atom. The zero-order valence-corrected chi connectivity index (χ0v) is 10.1. The zero-order valence-electron chi connectivity index (χ0n) is 10.1. The third kappa shape index (κ3) is 8.85. The molecule has 0 spiro atoms. The normalized spacial score (nSPS) is 13.4. The van der Waals surface area contributed by atoms with E-state index in [1.54, 1.807) is 0 Å². The highest BCUT2D eigenvalue weighted by atomic mass is 16.5. The highest BCUT2D eigenvalue weighted by Crippen LogP contribution is 2.07. The van der Waals surface area contributed by atoms with Gasteiger partial charge in [-0.15, -0.1) is 0 Å². The number of aliphatic hydroxyl groups is 2. The van der Waals surface area contributed by atoms with E-state index in [0.717, 1.165) is 6.42 Å². The molecule has 0 amide bonds. The van der Waals surface area contributed by atoms with Crippen LogP contribution in [0.15, 0.2) is 0 Å². The topological polar surface area (TPSA) is 49.7 Å². The Morgan fingerprint density at radius 1 is 0.933 bits per heavy atom. The fourth-order valence-corrected chi connectivity index (χ4v) is 1.53. The summed E-state index contributed by atoms with van der Waals surface area (Å²) in [6.07, 6.45) is 6.24. The maximum absolute atomic E-state index is 8.92. The third-order valence-electron chi connectivity index (χ3n) is 2.56. The lowest BCUT2D eigenvalue weighted by Gasteiger charge is -2.17. The Morgan fingerprint density at radius 3 is 2.07 bits per heavy atom. The first kappa shape index (κ1) is 14.9. The van der Waals surface area contributed by atoms with Crippen LogP contribution in [-0.2, 0) is 4.74 Å². The van der Waals surface area contributed by atoms with E-state index in [0.29, 0.717) is 13.0 Å². The predicted molar refractivity (Wildman–Crippen MR) is 61.6 cm³/mol. The van der Waals surface area contributed by atoms with Crippen LogP contribution in [-0.4, -0.2) is 29.2 Å². The van der Waals surface area contributed by atoms with Crippen LogP contribution in [0.1, 0.15) is 58.8 Å². The molecule has 0 aliphatic carbocycles. The molecule has 0 saturated heterocycles. The van der Waals surface area contributed by atoms with E-state index in [-0.39, 0.29) is 0 Å². The molecule has 15 heavy (non-hydrogen) atoms. The Balaban J connectivity index is 3.22. The molecule has 0 bridgehead atoms. The fourth-order valence-electron chi connectivity index (χ4n) is 1.53. The van der Waals surface area contributed by atoms with Crippen molar-refractivity contribution >= 4 is 0 Å². The molecule has 92 valence electrons. The van der Waals surface area contributed by atoms with Crippen molar-refractivity contribution in [2.75, 3.05) is 6.61 Å². The maximum Gasteiger partial charge on any atom is 0.178 e. The molecule has 3 heteroatoms. The van der Waals surface area contributed by atoms with Crippen molar-refractivity contribution in [3.63, 3.8) is 0 Å². The van der Waals surface area contributed by atoms with Crippen molar-refractivity contribution in [3.8, 4) is 0 Å². The minimum absolute atomic E-state index is 0.416. The molecule has 2 N–H and O–H groups in total. The van der Waals surface area contributed by atoms with Gasteiger partial charge in [0.05, 0.1) is 0 Å². The van der Waals surface area contributed by atoms with Crippen LogP contribution in [0.5, 0.6) is 0 Å². The van der Waals surface area contributed by atoms with Crippen molar-refractivity contribution in [3.05, 3.63) is 0 Å². The van der Waals surface area contributed by atoms with E-state index >= 15 is 0 Å². The summed E-state index contributed by atoms with van der Waals surface area (Å²) in [4.78, 5) is 0. The van der Waals surface area contributed by atoms with Gasteiger partial charge in [-0.1, -0.05) is 46.0 Å². The average Bonchev–Trinajstić information content (AvgIpc) is 2.21. The molecule has 0 rings (SSSR count). The Kier molecular flexibility index (Phi) is 10.3. The maximum atomic E-state index is 8.92. The molecular formula is C12H26O3. The average molecular weight is 218 g/mol. The Bertz CT molecular complexity index is 126. The largest absolute Gasteiger partial charge is 0.373 e. The minimum Gasteiger partial charge on any atom is -0.373 e. The van der Waals surface area contributed by atoms with Crippen LogP contribution < -0.4 is 0 Å². The third-order valence-corrected chi connectivity index (χ3v) is 2.56. The van der Waals surface area contributed by atoms with Crippen molar-refractivity contribution in [1.29, 1.82) is 0 Å². The molecule has 0 fully saturated rings. The van der Waals surface area contributed by atoms with Gasteiger partial charge in [0, 0.05) is 6.61 Å². The highest BCUT2D eigenvalue weighted by Gasteiger charge is 2.13.